The molecule has 8 heteroatoms. The normalized spacial score (nSPS) is 16.6. The summed E-state index contributed by atoms with van der Waals surface area (Å²) < 4.78 is 9.52. The lowest BCUT2D eigenvalue weighted by Gasteiger charge is -2.24. The first-order valence-corrected chi connectivity index (χ1v) is 8.51. The number of nitrogens with zero attached hydrogens (tertiary/aromatic N) is 5. The number of nitrogens with one attached hydrogen (secondary N) is 1. The second kappa shape index (κ2) is 6.54. The molecule has 0 radical (unpaired) electrons. The van der Waals surface area contributed by atoms with Crippen LogP contribution < -0.4 is 5.32 Å². The van der Waals surface area contributed by atoms with Crippen molar-refractivity contribution in [1.82, 2.24) is 29.9 Å². The molecule has 1 amide bonds. The minimum Gasteiger partial charge on any atom is -0.454 e. The van der Waals surface area contributed by atoms with Crippen molar-refractivity contribution in [1.29, 1.82) is 0 Å². The zero-order chi connectivity index (χ0) is 17.2. The first-order valence-electron chi connectivity index (χ1n) is 8.51. The Hall–Kier alpha value is -2.90. The van der Waals surface area contributed by atoms with Gasteiger partial charge in [-0.25, -0.2) is 0 Å². The van der Waals surface area contributed by atoms with E-state index in [2.05, 4.69) is 32.1 Å². The molecule has 0 bridgehead atoms. The molecule has 4 heterocycles. The summed E-state index contributed by atoms with van der Waals surface area (Å²) in [6.45, 7) is 3.27. The van der Waals surface area contributed by atoms with Crippen LogP contribution in [0.15, 0.2) is 35.0 Å². The molecule has 3 aromatic rings. The summed E-state index contributed by atoms with van der Waals surface area (Å²) >= 11 is 0. The van der Waals surface area contributed by atoms with Crippen LogP contribution in [0.2, 0.25) is 0 Å². The van der Waals surface area contributed by atoms with Crippen LogP contribution in [-0.4, -0.2) is 36.5 Å². The topological polar surface area (TPSA) is 90.8 Å². The zero-order valence-corrected chi connectivity index (χ0v) is 14.1. The summed E-state index contributed by atoms with van der Waals surface area (Å²) in [4.78, 5) is 12.5. The SMILES string of the molecule is CCc1nnc2n1C[C@H](NC(=O)c1ccc(Cn3cccn3)o1)CC2. The van der Waals surface area contributed by atoms with Crippen molar-refractivity contribution in [2.75, 3.05) is 0 Å². The van der Waals surface area contributed by atoms with E-state index in [0.29, 0.717) is 24.6 Å². The number of carbonyl (C=O) groups is 1. The number of amides is 1. The largest absolute Gasteiger partial charge is 0.454 e. The fourth-order valence-corrected chi connectivity index (χ4v) is 3.16. The maximum Gasteiger partial charge on any atom is 0.287 e. The molecule has 0 aliphatic carbocycles. The maximum absolute atomic E-state index is 12.5. The number of rotatable bonds is 5. The molecule has 1 N–H and O–H groups in total. The van der Waals surface area contributed by atoms with E-state index in [-0.39, 0.29) is 11.9 Å². The van der Waals surface area contributed by atoms with Gasteiger partial charge in [0.2, 0.25) is 0 Å². The predicted molar refractivity (Wildman–Crippen MR) is 89.0 cm³/mol. The zero-order valence-electron chi connectivity index (χ0n) is 14.1. The van der Waals surface area contributed by atoms with Crippen LogP contribution in [0.1, 0.15) is 41.3 Å². The molecule has 0 saturated carbocycles. The highest BCUT2D eigenvalue weighted by Crippen LogP contribution is 2.16. The molecule has 1 atom stereocenters. The number of hydrogen-bond donors (Lipinski definition) is 1. The van der Waals surface area contributed by atoms with Crippen LogP contribution in [0.5, 0.6) is 0 Å². The molecule has 3 aromatic heterocycles. The Morgan fingerprint density at radius 1 is 1.40 bits per heavy atom. The van der Waals surface area contributed by atoms with Crippen molar-refractivity contribution in [3.63, 3.8) is 0 Å². The van der Waals surface area contributed by atoms with Gasteiger partial charge in [0.1, 0.15) is 17.4 Å². The van der Waals surface area contributed by atoms with Gasteiger partial charge in [0.15, 0.2) is 5.76 Å². The number of fused-ring (bicyclic) bond motifs is 1. The molecule has 0 saturated heterocycles. The highest BCUT2D eigenvalue weighted by molar-refractivity contribution is 5.91. The Morgan fingerprint density at radius 2 is 2.32 bits per heavy atom. The lowest BCUT2D eigenvalue weighted by molar-refractivity contribution is 0.0897. The van der Waals surface area contributed by atoms with Crippen molar-refractivity contribution in [3.8, 4) is 0 Å². The third-order valence-corrected chi connectivity index (χ3v) is 4.44. The van der Waals surface area contributed by atoms with E-state index in [9.17, 15) is 4.79 Å². The molecular weight excluding hydrogens is 320 g/mol. The number of furan rings is 1. The number of aryl methyl sites for hydroxylation is 2. The van der Waals surface area contributed by atoms with Crippen molar-refractivity contribution in [3.05, 3.63) is 53.8 Å². The molecule has 0 unspecified atom stereocenters. The summed E-state index contributed by atoms with van der Waals surface area (Å²) in [7, 11) is 0. The van der Waals surface area contributed by atoms with Gasteiger partial charge in [-0.15, -0.1) is 10.2 Å². The van der Waals surface area contributed by atoms with Gasteiger partial charge in [-0.1, -0.05) is 6.92 Å². The Morgan fingerprint density at radius 3 is 3.12 bits per heavy atom. The Balaban J connectivity index is 1.40. The summed E-state index contributed by atoms with van der Waals surface area (Å²) in [5.41, 5.74) is 0. The summed E-state index contributed by atoms with van der Waals surface area (Å²) in [5.74, 6) is 2.81. The van der Waals surface area contributed by atoms with E-state index in [1.54, 1.807) is 16.9 Å². The fourth-order valence-electron chi connectivity index (χ4n) is 3.16. The first kappa shape index (κ1) is 15.6. The van der Waals surface area contributed by atoms with Gasteiger partial charge in [-0.3, -0.25) is 9.48 Å². The Bertz CT molecular complexity index is 850. The highest BCUT2D eigenvalue weighted by atomic mass is 16.4. The van der Waals surface area contributed by atoms with Crippen molar-refractivity contribution in [2.24, 2.45) is 0 Å². The highest BCUT2D eigenvalue weighted by Gasteiger charge is 2.24. The molecule has 0 spiro atoms. The third kappa shape index (κ3) is 3.19. The average Bonchev–Trinajstić information content (AvgIpc) is 3.35. The second-order valence-electron chi connectivity index (χ2n) is 6.18. The van der Waals surface area contributed by atoms with E-state index >= 15 is 0 Å². The third-order valence-electron chi connectivity index (χ3n) is 4.44. The quantitative estimate of drug-likeness (QED) is 0.758. The monoisotopic (exact) mass is 340 g/mol. The summed E-state index contributed by atoms with van der Waals surface area (Å²) in [5, 5.41) is 15.6. The fraction of sp³-hybridized carbons (Fsp3) is 0.412. The van der Waals surface area contributed by atoms with Crippen LogP contribution in [0, 0.1) is 0 Å². The van der Waals surface area contributed by atoms with Crippen molar-refractivity contribution < 1.29 is 9.21 Å². The molecule has 0 fully saturated rings. The van der Waals surface area contributed by atoms with Crippen LogP contribution in [0.3, 0.4) is 0 Å². The van der Waals surface area contributed by atoms with Crippen LogP contribution in [0.25, 0.3) is 0 Å². The Kier molecular flexibility index (Phi) is 4.09. The van der Waals surface area contributed by atoms with Gasteiger partial charge in [0.25, 0.3) is 5.91 Å². The first-order chi connectivity index (χ1) is 12.2. The number of hydrogen-bond acceptors (Lipinski definition) is 5. The van der Waals surface area contributed by atoms with E-state index in [4.69, 9.17) is 4.42 Å². The summed E-state index contributed by atoms with van der Waals surface area (Å²) in [6.07, 6.45) is 6.08. The van der Waals surface area contributed by atoms with E-state index in [1.165, 1.54) is 0 Å². The van der Waals surface area contributed by atoms with Gasteiger partial charge in [-0.2, -0.15) is 5.10 Å². The molecule has 130 valence electrons. The number of aromatic nitrogens is 5. The van der Waals surface area contributed by atoms with E-state index in [0.717, 1.165) is 30.9 Å². The van der Waals surface area contributed by atoms with Gasteiger partial charge in [-0.05, 0) is 24.6 Å². The predicted octanol–water partition coefficient (Wildman–Crippen LogP) is 1.42. The number of carbonyl (C=O) groups excluding carboxylic acids is 1. The van der Waals surface area contributed by atoms with Gasteiger partial charge in [0, 0.05) is 37.8 Å². The van der Waals surface area contributed by atoms with Crippen molar-refractivity contribution >= 4 is 5.91 Å². The standard InChI is InChI=1S/C17H20N6O2/c1-2-15-20-21-16-7-4-12(10-23(15)16)19-17(24)14-6-5-13(25-14)11-22-9-3-8-18-22/h3,5-6,8-9,12H,2,4,7,10-11H2,1H3,(H,19,24)/t12-/m1/s1. The van der Waals surface area contributed by atoms with Crippen LogP contribution in [0.4, 0.5) is 0 Å². The minimum absolute atomic E-state index is 0.0564. The molecule has 4 rings (SSSR count). The van der Waals surface area contributed by atoms with Crippen LogP contribution >= 0.6 is 0 Å². The Labute approximate surface area is 144 Å². The lowest BCUT2D eigenvalue weighted by Crippen LogP contribution is -2.41. The van der Waals surface area contributed by atoms with Gasteiger partial charge < -0.3 is 14.3 Å². The van der Waals surface area contributed by atoms with E-state index in [1.807, 2.05) is 18.3 Å². The van der Waals surface area contributed by atoms with Gasteiger partial charge >= 0.3 is 0 Å². The minimum atomic E-state index is -0.189. The maximum atomic E-state index is 12.5. The molecule has 25 heavy (non-hydrogen) atoms. The lowest BCUT2D eigenvalue weighted by atomic mass is 10.1. The van der Waals surface area contributed by atoms with E-state index < -0.39 is 0 Å². The average molecular weight is 340 g/mol. The molecule has 1 aliphatic rings. The smallest absolute Gasteiger partial charge is 0.287 e. The molecule has 1 aliphatic heterocycles. The second-order valence-corrected chi connectivity index (χ2v) is 6.18. The van der Waals surface area contributed by atoms with Crippen molar-refractivity contribution in [2.45, 2.75) is 45.3 Å². The summed E-state index contributed by atoms with van der Waals surface area (Å²) in [6, 6.07) is 5.42. The van der Waals surface area contributed by atoms with Gasteiger partial charge in [0.05, 0.1) is 6.54 Å². The molecule has 8 nitrogen and oxygen atoms in total. The van der Waals surface area contributed by atoms with Crippen LogP contribution in [-0.2, 0) is 25.9 Å². The molecule has 0 aromatic carbocycles. The molecular formula is C17H20N6O2.